The molecule has 0 radical (unpaired) electrons. The maximum Gasteiger partial charge on any atom is 0.243 e. The van der Waals surface area contributed by atoms with E-state index in [-0.39, 0.29) is 6.54 Å². The van der Waals surface area contributed by atoms with Crippen molar-refractivity contribution in [2.24, 2.45) is 0 Å². The summed E-state index contributed by atoms with van der Waals surface area (Å²) in [6, 6.07) is 28.8. The zero-order chi connectivity index (χ0) is 28.1. The molecule has 0 aliphatic carbocycles. The number of rotatable bonds is 11. The minimum Gasteiger partial charge on any atom is -0.497 e. The van der Waals surface area contributed by atoms with Crippen molar-refractivity contribution in [1.82, 2.24) is 14.1 Å². The van der Waals surface area contributed by atoms with Gasteiger partial charge >= 0.3 is 0 Å². The molecule has 0 amide bonds. The molecule has 0 aliphatic heterocycles. The third kappa shape index (κ3) is 6.20. The van der Waals surface area contributed by atoms with E-state index in [9.17, 15) is 8.42 Å². The van der Waals surface area contributed by atoms with Gasteiger partial charge in [-0.2, -0.15) is 9.40 Å². The SMILES string of the molecule is COc1cccc(-c2nn(-c3ccccc3)cc2CN(CCc2cccs2)S(=O)(=O)c2ccc(C(C)C)cc2)c1. The fourth-order valence-electron chi connectivity index (χ4n) is 4.59. The summed E-state index contributed by atoms with van der Waals surface area (Å²) in [5, 5.41) is 6.93. The lowest BCUT2D eigenvalue weighted by Crippen LogP contribution is -2.32. The van der Waals surface area contributed by atoms with Crippen LogP contribution in [0.3, 0.4) is 0 Å². The van der Waals surface area contributed by atoms with E-state index in [0.717, 1.165) is 27.3 Å². The Morgan fingerprint density at radius 2 is 1.73 bits per heavy atom. The molecule has 0 saturated carbocycles. The lowest BCUT2D eigenvalue weighted by molar-refractivity contribution is 0.410. The molecule has 0 spiro atoms. The van der Waals surface area contributed by atoms with Crippen LogP contribution in [0, 0.1) is 0 Å². The van der Waals surface area contributed by atoms with E-state index < -0.39 is 10.0 Å². The van der Waals surface area contributed by atoms with Crippen LogP contribution in [0.1, 0.15) is 35.8 Å². The highest BCUT2D eigenvalue weighted by Crippen LogP contribution is 2.30. The normalized spacial score (nSPS) is 11.8. The van der Waals surface area contributed by atoms with Crippen molar-refractivity contribution in [1.29, 1.82) is 0 Å². The van der Waals surface area contributed by atoms with Crippen molar-refractivity contribution >= 4 is 21.4 Å². The van der Waals surface area contributed by atoms with Crippen molar-refractivity contribution in [3.63, 3.8) is 0 Å². The van der Waals surface area contributed by atoms with Crippen LogP contribution in [0.15, 0.2) is 107 Å². The largest absolute Gasteiger partial charge is 0.497 e. The van der Waals surface area contributed by atoms with Gasteiger partial charge in [0, 0.05) is 35.3 Å². The summed E-state index contributed by atoms with van der Waals surface area (Å²) in [5.41, 5.74) is 4.39. The van der Waals surface area contributed by atoms with Gasteiger partial charge in [0.05, 0.1) is 23.4 Å². The first-order valence-corrected chi connectivity index (χ1v) is 15.6. The Balaban J connectivity index is 1.57. The molecule has 0 bridgehead atoms. The van der Waals surface area contributed by atoms with E-state index in [1.165, 1.54) is 0 Å². The van der Waals surface area contributed by atoms with Gasteiger partial charge in [-0.1, -0.05) is 62.4 Å². The average molecular weight is 572 g/mol. The van der Waals surface area contributed by atoms with Crippen molar-refractivity contribution in [2.75, 3.05) is 13.7 Å². The summed E-state index contributed by atoms with van der Waals surface area (Å²) in [6.45, 7) is 4.73. The number of nitrogens with zero attached hydrogens (tertiary/aromatic N) is 3. The Morgan fingerprint density at radius 3 is 2.40 bits per heavy atom. The molecule has 3 aromatic carbocycles. The maximum absolute atomic E-state index is 14.1. The van der Waals surface area contributed by atoms with Crippen molar-refractivity contribution in [3.8, 4) is 22.7 Å². The number of aromatic nitrogens is 2. The molecule has 0 aliphatic rings. The predicted molar refractivity (Wildman–Crippen MR) is 162 cm³/mol. The molecule has 0 saturated heterocycles. The summed E-state index contributed by atoms with van der Waals surface area (Å²) in [4.78, 5) is 1.44. The van der Waals surface area contributed by atoms with Gasteiger partial charge < -0.3 is 4.74 Å². The zero-order valence-electron chi connectivity index (χ0n) is 22.9. The number of benzene rings is 3. The van der Waals surface area contributed by atoms with Crippen LogP contribution in [0.2, 0.25) is 0 Å². The summed E-state index contributed by atoms with van der Waals surface area (Å²) in [7, 11) is -2.15. The Bertz CT molecular complexity index is 1640. The van der Waals surface area contributed by atoms with E-state index in [1.54, 1.807) is 34.9 Å². The number of hydrogen-bond donors (Lipinski definition) is 0. The molecule has 0 unspecified atom stereocenters. The van der Waals surface area contributed by atoms with Crippen LogP contribution in [-0.2, 0) is 23.0 Å². The van der Waals surface area contributed by atoms with Crippen LogP contribution in [0.25, 0.3) is 16.9 Å². The van der Waals surface area contributed by atoms with E-state index >= 15 is 0 Å². The number of para-hydroxylation sites is 1. The Hall–Kier alpha value is -3.72. The topological polar surface area (TPSA) is 64.4 Å². The summed E-state index contributed by atoms with van der Waals surface area (Å²) >= 11 is 1.64. The van der Waals surface area contributed by atoms with Gasteiger partial charge in [-0.05, 0) is 65.7 Å². The fraction of sp³-hybridized carbons (Fsp3) is 0.219. The molecule has 0 atom stereocenters. The number of thiophene rings is 1. The van der Waals surface area contributed by atoms with Gasteiger partial charge in [0.1, 0.15) is 5.75 Å². The Kier molecular flexibility index (Phi) is 8.49. The molecule has 40 heavy (non-hydrogen) atoms. The van der Waals surface area contributed by atoms with E-state index in [4.69, 9.17) is 9.84 Å². The molecule has 5 rings (SSSR count). The molecule has 8 heteroatoms. The second-order valence-corrected chi connectivity index (χ2v) is 12.9. The van der Waals surface area contributed by atoms with Gasteiger partial charge in [0.15, 0.2) is 0 Å². The van der Waals surface area contributed by atoms with Crippen LogP contribution >= 0.6 is 11.3 Å². The van der Waals surface area contributed by atoms with Crippen LogP contribution in [0.5, 0.6) is 5.75 Å². The first-order chi connectivity index (χ1) is 19.3. The number of hydrogen-bond acceptors (Lipinski definition) is 5. The van der Waals surface area contributed by atoms with Crippen molar-refractivity contribution in [3.05, 3.63) is 119 Å². The second-order valence-electron chi connectivity index (χ2n) is 9.91. The lowest BCUT2D eigenvalue weighted by atomic mass is 10.0. The molecule has 206 valence electrons. The highest BCUT2D eigenvalue weighted by molar-refractivity contribution is 7.89. The number of ether oxygens (including phenoxy) is 1. The first-order valence-electron chi connectivity index (χ1n) is 13.3. The van der Waals surface area contributed by atoms with E-state index in [0.29, 0.717) is 35.2 Å². The van der Waals surface area contributed by atoms with Crippen molar-refractivity contribution < 1.29 is 13.2 Å². The minimum atomic E-state index is -3.79. The predicted octanol–water partition coefficient (Wildman–Crippen LogP) is 7.17. The van der Waals surface area contributed by atoms with Gasteiger partial charge in [-0.15, -0.1) is 11.3 Å². The lowest BCUT2D eigenvalue weighted by Gasteiger charge is -2.22. The third-order valence-corrected chi connectivity index (χ3v) is 9.67. The Morgan fingerprint density at radius 1 is 0.950 bits per heavy atom. The minimum absolute atomic E-state index is 0.180. The fourth-order valence-corrected chi connectivity index (χ4v) is 6.71. The van der Waals surface area contributed by atoms with Crippen LogP contribution in [-0.4, -0.2) is 36.2 Å². The Labute approximate surface area is 240 Å². The number of sulfonamides is 1. The zero-order valence-corrected chi connectivity index (χ0v) is 24.5. The van der Waals surface area contributed by atoms with Gasteiger partial charge in [0.2, 0.25) is 10.0 Å². The monoisotopic (exact) mass is 571 g/mol. The second kappa shape index (κ2) is 12.2. The summed E-state index contributed by atoms with van der Waals surface area (Å²) in [6.07, 6.45) is 2.56. The smallest absolute Gasteiger partial charge is 0.243 e. The first kappa shape index (κ1) is 27.8. The van der Waals surface area contributed by atoms with E-state index in [2.05, 4.69) is 13.8 Å². The molecular weight excluding hydrogens is 539 g/mol. The van der Waals surface area contributed by atoms with Gasteiger partial charge in [0.25, 0.3) is 0 Å². The molecule has 2 aromatic heterocycles. The quantitative estimate of drug-likeness (QED) is 0.169. The average Bonchev–Trinajstić information content (AvgIpc) is 3.66. The van der Waals surface area contributed by atoms with Crippen molar-refractivity contribution in [2.45, 2.75) is 37.6 Å². The van der Waals surface area contributed by atoms with Crippen LogP contribution in [0.4, 0.5) is 0 Å². The number of methoxy groups -OCH3 is 1. The molecule has 6 nitrogen and oxygen atoms in total. The van der Waals surface area contributed by atoms with E-state index in [1.807, 2.05) is 95.1 Å². The maximum atomic E-state index is 14.1. The van der Waals surface area contributed by atoms with Gasteiger partial charge in [-0.3, -0.25) is 0 Å². The summed E-state index contributed by atoms with van der Waals surface area (Å²) < 4.78 is 37.0. The van der Waals surface area contributed by atoms with Gasteiger partial charge in [-0.25, -0.2) is 13.1 Å². The molecular formula is C32H33N3O3S2. The molecule has 0 fully saturated rings. The van der Waals surface area contributed by atoms with Crippen LogP contribution < -0.4 is 4.74 Å². The molecule has 5 aromatic rings. The standard InChI is InChI=1S/C32H33N3O3S2/c1-24(2)25-14-16-31(17-15-25)40(36,37)34(19-18-30-13-8-20-39-30)22-27-23-35(28-10-5-4-6-11-28)33-32(27)26-9-7-12-29(21-26)38-3/h4-17,20-21,23-24H,18-19,22H2,1-3H3. The highest BCUT2D eigenvalue weighted by atomic mass is 32.2. The molecule has 2 heterocycles. The third-order valence-electron chi connectivity index (χ3n) is 6.87. The molecule has 0 N–H and O–H groups in total. The highest BCUT2D eigenvalue weighted by Gasteiger charge is 2.27. The summed E-state index contributed by atoms with van der Waals surface area (Å²) in [5.74, 6) is 1.03.